The van der Waals surface area contributed by atoms with E-state index in [0.717, 1.165) is 5.56 Å². The molecule has 5 aliphatic heterocycles. The van der Waals surface area contributed by atoms with E-state index in [1.165, 1.54) is 21.6 Å². The maximum Gasteiger partial charge on any atom is 0.262 e. The molecule has 4 saturated heterocycles. The van der Waals surface area contributed by atoms with Gasteiger partial charge in [-0.15, -0.1) is 0 Å². The Labute approximate surface area is 164 Å². The van der Waals surface area contributed by atoms with Crippen molar-refractivity contribution in [2.45, 2.75) is 41.6 Å². The van der Waals surface area contributed by atoms with Crippen molar-refractivity contribution in [2.75, 3.05) is 13.8 Å². The zero-order chi connectivity index (χ0) is 19.2. The standard InChI is InChI=1S/C18H17N3O4S2/c1-16(19-3)8-18-15(23)20(4)17(2,26-27-18)14(22)21(18)13(16)10-5-6-11-12(7-10)25-9-24-11/h5-7,13H,8-9H2,1-2,4H3/t13-,16-,17+,18-/m0/s1. The Kier molecular flexibility index (Phi) is 3.20. The van der Waals surface area contributed by atoms with Gasteiger partial charge in [0.25, 0.3) is 17.4 Å². The molecular weight excluding hydrogens is 386 g/mol. The minimum Gasteiger partial charge on any atom is -0.454 e. The molecule has 0 aromatic heterocycles. The first kappa shape index (κ1) is 17.1. The molecular formula is C18H17N3O4S2. The van der Waals surface area contributed by atoms with Crippen LogP contribution in [-0.2, 0) is 9.59 Å². The number of fused-ring (bicyclic) bond motifs is 3. The number of likely N-dealkylation sites (N-methyl/N-ethyl adjacent to an activating group) is 1. The number of ether oxygens (including phenoxy) is 2. The van der Waals surface area contributed by atoms with E-state index < -0.39 is 21.3 Å². The lowest BCUT2D eigenvalue weighted by Crippen LogP contribution is -2.73. The first-order valence-corrected chi connectivity index (χ1v) is 10.7. The van der Waals surface area contributed by atoms with Gasteiger partial charge in [0.15, 0.2) is 21.2 Å². The second-order valence-corrected chi connectivity index (χ2v) is 10.4. The molecule has 27 heavy (non-hydrogen) atoms. The third-order valence-electron chi connectivity index (χ3n) is 6.04. The predicted molar refractivity (Wildman–Crippen MR) is 101 cm³/mol. The Hall–Kier alpha value is -2.05. The van der Waals surface area contributed by atoms with Crippen LogP contribution < -0.4 is 9.47 Å². The molecule has 9 heteroatoms. The van der Waals surface area contributed by atoms with Crippen molar-refractivity contribution in [3.63, 3.8) is 0 Å². The normalized spacial score (nSPS) is 39.0. The van der Waals surface area contributed by atoms with Gasteiger partial charge in [-0.3, -0.25) is 9.59 Å². The monoisotopic (exact) mass is 403 g/mol. The van der Waals surface area contributed by atoms with E-state index >= 15 is 0 Å². The van der Waals surface area contributed by atoms with Crippen molar-refractivity contribution < 1.29 is 19.1 Å². The highest BCUT2D eigenvalue weighted by Gasteiger charge is 2.77. The summed E-state index contributed by atoms with van der Waals surface area (Å²) < 4.78 is 10.9. The van der Waals surface area contributed by atoms with E-state index in [9.17, 15) is 9.59 Å². The van der Waals surface area contributed by atoms with Gasteiger partial charge in [-0.2, -0.15) is 0 Å². The minimum absolute atomic E-state index is 0.105. The molecule has 1 aromatic rings. The van der Waals surface area contributed by atoms with Crippen molar-refractivity contribution >= 4 is 33.4 Å². The van der Waals surface area contributed by atoms with Gasteiger partial charge in [0.1, 0.15) is 6.04 Å². The molecule has 5 heterocycles. The van der Waals surface area contributed by atoms with E-state index in [-0.39, 0.29) is 18.6 Å². The fourth-order valence-corrected chi connectivity index (χ4v) is 8.05. The quantitative estimate of drug-likeness (QED) is 0.531. The minimum atomic E-state index is -1.05. The fourth-order valence-electron chi connectivity index (χ4n) is 4.48. The summed E-state index contributed by atoms with van der Waals surface area (Å²) in [6.07, 6.45) is 0.297. The van der Waals surface area contributed by atoms with Gasteiger partial charge in [-0.25, -0.2) is 6.57 Å². The van der Waals surface area contributed by atoms with Crippen LogP contribution in [0.1, 0.15) is 31.9 Å². The summed E-state index contributed by atoms with van der Waals surface area (Å²) >= 11 is 0. The summed E-state index contributed by atoms with van der Waals surface area (Å²) in [6.45, 7) is 11.6. The SMILES string of the molecule is [C-]#[N+][C@@]1(C)C[C@@]23SS[C@](C)(C(=O)N2[C@H]1c1ccc2c(c1)OCO2)N(C)C3=O. The van der Waals surface area contributed by atoms with Crippen molar-refractivity contribution in [1.82, 2.24) is 9.80 Å². The molecule has 4 atom stereocenters. The molecule has 0 saturated carbocycles. The molecule has 5 aliphatic rings. The number of amides is 2. The lowest BCUT2D eigenvalue weighted by atomic mass is 9.87. The molecule has 1 spiro atoms. The third-order valence-corrected chi connectivity index (χ3v) is 9.74. The number of hydrogen-bond donors (Lipinski definition) is 0. The Morgan fingerprint density at radius 2 is 1.93 bits per heavy atom. The summed E-state index contributed by atoms with van der Waals surface area (Å²) in [4.78, 5) is 31.9. The Balaban J connectivity index is 1.71. The average Bonchev–Trinajstić information content (AvgIpc) is 3.23. The summed E-state index contributed by atoms with van der Waals surface area (Å²) in [7, 11) is 4.51. The number of carbonyl (C=O) groups is 2. The number of nitrogens with zero attached hydrogens (tertiary/aromatic N) is 3. The van der Waals surface area contributed by atoms with Crippen LogP contribution >= 0.6 is 21.6 Å². The van der Waals surface area contributed by atoms with Crippen LogP contribution in [0.4, 0.5) is 0 Å². The molecule has 2 bridgehead atoms. The predicted octanol–water partition coefficient (Wildman–Crippen LogP) is 2.65. The molecule has 7 nitrogen and oxygen atoms in total. The van der Waals surface area contributed by atoms with E-state index in [0.29, 0.717) is 17.9 Å². The van der Waals surface area contributed by atoms with Crippen molar-refractivity contribution in [2.24, 2.45) is 0 Å². The zero-order valence-corrected chi connectivity index (χ0v) is 16.6. The second-order valence-electron chi connectivity index (χ2n) is 7.63. The van der Waals surface area contributed by atoms with Crippen LogP contribution in [0.25, 0.3) is 4.85 Å². The summed E-state index contributed by atoms with van der Waals surface area (Å²) in [5, 5.41) is 0. The topological polar surface area (TPSA) is 63.4 Å². The van der Waals surface area contributed by atoms with Gasteiger partial charge in [0.2, 0.25) is 6.79 Å². The Morgan fingerprint density at radius 3 is 2.67 bits per heavy atom. The largest absolute Gasteiger partial charge is 0.454 e. The third kappa shape index (κ3) is 1.85. The zero-order valence-electron chi connectivity index (χ0n) is 15.0. The Morgan fingerprint density at radius 1 is 1.19 bits per heavy atom. The van der Waals surface area contributed by atoms with E-state index in [1.54, 1.807) is 29.8 Å². The molecule has 140 valence electrons. The number of piperazine rings is 1. The lowest BCUT2D eigenvalue weighted by molar-refractivity contribution is -0.164. The molecule has 0 N–H and O–H groups in total. The van der Waals surface area contributed by atoms with Crippen LogP contribution in [0.15, 0.2) is 18.2 Å². The Bertz CT molecular complexity index is 949. The molecule has 6 rings (SSSR count). The number of hydrogen-bond acceptors (Lipinski definition) is 6. The smallest absolute Gasteiger partial charge is 0.262 e. The number of carbonyl (C=O) groups excluding carboxylic acids is 2. The summed E-state index contributed by atoms with van der Waals surface area (Å²) in [5.41, 5.74) is -0.122. The highest BCUT2D eigenvalue weighted by atomic mass is 33.1. The molecule has 0 aliphatic carbocycles. The average molecular weight is 403 g/mol. The van der Waals surface area contributed by atoms with Crippen LogP contribution in [0, 0.1) is 6.57 Å². The molecule has 0 radical (unpaired) electrons. The van der Waals surface area contributed by atoms with E-state index in [2.05, 4.69) is 4.85 Å². The van der Waals surface area contributed by atoms with Crippen LogP contribution in [-0.4, -0.2) is 50.7 Å². The van der Waals surface area contributed by atoms with Crippen molar-refractivity contribution in [3.05, 3.63) is 35.2 Å². The molecule has 1 aromatic carbocycles. The van der Waals surface area contributed by atoms with Crippen molar-refractivity contribution in [1.29, 1.82) is 0 Å². The number of benzene rings is 1. The van der Waals surface area contributed by atoms with Gasteiger partial charge in [-0.1, -0.05) is 27.7 Å². The first-order chi connectivity index (χ1) is 12.8. The van der Waals surface area contributed by atoms with Gasteiger partial charge in [0.05, 0.1) is 6.42 Å². The highest BCUT2D eigenvalue weighted by Crippen LogP contribution is 2.68. The number of rotatable bonds is 1. The van der Waals surface area contributed by atoms with Gasteiger partial charge < -0.3 is 24.1 Å². The molecule has 0 unspecified atom stereocenters. The maximum absolute atomic E-state index is 13.5. The molecule has 4 fully saturated rings. The van der Waals surface area contributed by atoms with E-state index in [1.807, 2.05) is 19.1 Å². The van der Waals surface area contributed by atoms with E-state index in [4.69, 9.17) is 16.0 Å². The molecule has 2 amide bonds. The lowest BCUT2D eigenvalue weighted by Gasteiger charge is -2.57. The fraction of sp³-hybridized carbons (Fsp3) is 0.500. The van der Waals surface area contributed by atoms with Gasteiger partial charge >= 0.3 is 0 Å². The second kappa shape index (κ2) is 5.06. The van der Waals surface area contributed by atoms with Gasteiger partial charge in [0, 0.05) is 14.0 Å². The van der Waals surface area contributed by atoms with Crippen LogP contribution in [0.5, 0.6) is 11.5 Å². The maximum atomic E-state index is 13.5. The van der Waals surface area contributed by atoms with Gasteiger partial charge in [-0.05, 0) is 24.6 Å². The highest BCUT2D eigenvalue weighted by molar-refractivity contribution is 8.78. The van der Waals surface area contributed by atoms with Crippen LogP contribution in [0.3, 0.4) is 0 Å². The first-order valence-electron chi connectivity index (χ1n) is 8.54. The van der Waals surface area contributed by atoms with Crippen molar-refractivity contribution in [3.8, 4) is 11.5 Å². The summed E-state index contributed by atoms with van der Waals surface area (Å²) in [6, 6.07) is 4.98. The van der Waals surface area contributed by atoms with Crippen LogP contribution in [0.2, 0.25) is 0 Å². The summed E-state index contributed by atoms with van der Waals surface area (Å²) in [5.74, 6) is 1.03.